The van der Waals surface area contributed by atoms with Crippen LogP contribution in [0, 0.1) is 0 Å². The molecule has 0 aliphatic heterocycles. The molecule has 24 N–H and O–H groups in total. The molecule has 0 saturated carbocycles. The second-order valence-corrected chi connectivity index (χ2v) is 7.88. The zero-order valence-electron chi connectivity index (χ0n) is 20.7. The fourth-order valence-corrected chi connectivity index (χ4v) is 1.24. The molecule has 18 nitrogen and oxygen atoms in total. The summed E-state index contributed by atoms with van der Waals surface area (Å²) in [6.07, 6.45) is -0.00333. The molecule has 24 heteroatoms. The topological polar surface area (TPSA) is 488 Å². The van der Waals surface area contributed by atoms with Gasteiger partial charge >= 0.3 is 119 Å². The van der Waals surface area contributed by atoms with Gasteiger partial charge in [-0.05, 0) is 19.4 Å². The van der Waals surface area contributed by atoms with Crippen molar-refractivity contribution in [3.63, 3.8) is 0 Å². The Kier molecular flexibility index (Phi) is 278. The van der Waals surface area contributed by atoms with Crippen LogP contribution in [-0.2, 0) is 68.2 Å². The maximum atomic E-state index is 10.7. The number of carbonyl (C=O) groups is 2. The standard InChI is InChI=1S/C7H12O4.C7H11O4.2CH4.2ClH.6H2N.Na.4H2O.3Pt/c2*1-5(8)4-6(9)2-3-7(10)11;;;;;;;;;;;;;;;;;;/h4,6,8-9H,2-3H2,1H3,(H,10,11);4,6,8H,2-3H2,1H3,(H,10,11);2*1H4;2*1H;6*1H2;;4*1H2;;;/q;-1;;;;;6*-1;+1;;;;;2*+2;+4/p-3. The quantitative estimate of drug-likeness (QED) is 0.191. The van der Waals surface area contributed by atoms with Crippen LogP contribution in [0.1, 0.15) is 54.4 Å². The van der Waals surface area contributed by atoms with Crippen molar-refractivity contribution >= 4 is 30.8 Å². The number of hydrogen-bond donors (Lipinski definition) is 4. The molecule has 0 rings (SSSR count). The number of hydrogen-bond acceptors (Lipinski definition) is 6. The fraction of sp³-hybridized carbons (Fsp3) is 0.625. The van der Waals surface area contributed by atoms with Gasteiger partial charge in [0.15, 0.2) is 0 Å². The third kappa shape index (κ3) is 155. The van der Waals surface area contributed by atoms with Crippen molar-refractivity contribution in [2.45, 2.75) is 66.6 Å². The molecule has 0 aromatic heterocycles. The van der Waals surface area contributed by atoms with Gasteiger partial charge in [-0.1, -0.05) is 28.2 Å². The first-order chi connectivity index (χ1) is 11.5. The molecular weight excluding hydrogens is 1150 g/mol. The van der Waals surface area contributed by atoms with Crippen molar-refractivity contribution in [3.8, 4) is 0 Å². The van der Waals surface area contributed by atoms with Crippen LogP contribution in [0.5, 0.6) is 0 Å². The summed E-state index contributed by atoms with van der Waals surface area (Å²) in [7, 11) is 9.75. The van der Waals surface area contributed by atoms with E-state index in [-0.39, 0.29) is 183 Å². The van der Waals surface area contributed by atoms with E-state index >= 15 is 0 Å². The number of aliphatic hydroxyl groups excluding tert-OH is 2. The molecule has 0 heterocycles. The maximum absolute atomic E-state index is 10.7. The molecule has 0 saturated heterocycles. The second-order valence-electron chi connectivity index (χ2n) is 4.60. The maximum Gasteiger partial charge on any atom is 2.00 e. The Labute approximate surface area is 305 Å². The zero-order chi connectivity index (χ0) is 20.4. The Morgan fingerprint density at radius 1 is 0.775 bits per heavy atom. The third-order valence-corrected chi connectivity index (χ3v) is 2.15. The predicted molar refractivity (Wildman–Crippen MR) is 145 cm³/mol. The summed E-state index contributed by atoms with van der Waals surface area (Å²) >= 11 is -0.472. The Morgan fingerprint density at radius 2 is 1.02 bits per heavy atom. The van der Waals surface area contributed by atoms with E-state index in [1.165, 1.54) is 19.9 Å². The van der Waals surface area contributed by atoms with Crippen molar-refractivity contribution in [3.05, 3.63) is 60.6 Å². The van der Waals surface area contributed by atoms with E-state index in [0.29, 0.717) is 0 Å². The Bertz CT molecular complexity index is 430. The number of aliphatic hydroxyl groups is 2. The van der Waals surface area contributed by atoms with Gasteiger partial charge in [-0.2, -0.15) is 0 Å². The van der Waals surface area contributed by atoms with Gasteiger partial charge in [0.05, 0.1) is 11.9 Å². The molecule has 0 aliphatic rings. The van der Waals surface area contributed by atoms with Gasteiger partial charge in [0.25, 0.3) is 0 Å². The van der Waals surface area contributed by atoms with Gasteiger partial charge in [0.1, 0.15) is 0 Å². The molecule has 2 unspecified atom stereocenters. The van der Waals surface area contributed by atoms with Crippen LogP contribution < -0.4 is 39.8 Å². The van der Waals surface area contributed by atoms with Gasteiger partial charge in [0, 0.05) is 12.8 Å². The Balaban J connectivity index is -0.0000000102. The van der Waals surface area contributed by atoms with Crippen molar-refractivity contribution in [1.29, 1.82) is 0 Å². The summed E-state index contributed by atoms with van der Waals surface area (Å²) in [6.45, 7) is 2.69. The smallest absolute Gasteiger partial charge is 0.693 e. The predicted octanol–water partition coefficient (Wildman–Crippen LogP) is 0.170. The molecule has 0 amide bonds. The monoisotopic (exact) mass is 1200 g/mol. The minimum atomic E-state index is -1.18. The van der Waals surface area contributed by atoms with Gasteiger partial charge in [-0.15, -0.1) is 17.9 Å². The van der Waals surface area contributed by atoms with Crippen LogP contribution in [0.2, 0.25) is 0 Å². The van der Waals surface area contributed by atoms with Crippen LogP contribution in [0.3, 0.4) is 0 Å². The molecule has 0 aromatic rings. The molecule has 0 spiro atoms. The van der Waals surface area contributed by atoms with Gasteiger partial charge in [-0.3, -0.25) is 9.59 Å². The van der Waals surface area contributed by atoms with E-state index in [9.17, 15) is 19.8 Å². The molecule has 262 valence electrons. The molecule has 0 radical (unpaired) electrons. The summed E-state index contributed by atoms with van der Waals surface area (Å²) in [5, 5.41) is 55.0. The summed E-state index contributed by atoms with van der Waals surface area (Å²) < 4.78 is 0. The third-order valence-electron chi connectivity index (χ3n) is 2.15. The van der Waals surface area contributed by atoms with E-state index < -0.39 is 40.6 Å². The first-order valence-electron chi connectivity index (χ1n) is 6.78. The summed E-state index contributed by atoms with van der Waals surface area (Å²) in [4.78, 5) is 19.9. The van der Waals surface area contributed by atoms with Gasteiger partial charge < -0.3 is 89.4 Å². The molecule has 40 heavy (non-hydrogen) atoms. The van der Waals surface area contributed by atoms with Crippen molar-refractivity contribution < 1.29 is 150 Å². The first kappa shape index (κ1) is 124. The molecule has 0 aromatic carbocycles. The number of carboxylic acids is 2. The average molecular weight is 1200 g/mol. The molecule has 0 bridgehead atoms. The largest absolute Gasteiger partial charge is 2.00 e. The van der Waals surface area contributed by atoms with Crippen molar-refractivity contribution in [1.82, 2.24) is 0 Å². The minimum absolute atomic E-state index is 0. The second kappa shape index (κ2) is 90.0. The van der Waals surface area contributed by atoms with E-state index in [2.05, 4.69) is 0 Å². The number of allylic oxidation sites excluding steroid dienone is 2. The molecule has 2 atom stereocenters. The Hall–Kier alpha value is 1.18. The zero-order valence-corrected chi connectivity index (χ0v) is 31.1. The number of carboxylic acid groups (broad SMARTS) is 2. The minimum Gasteiger partial charge on any atom is -0.693 e. The number of aliphatic carboxylic acids is 2. The Morgan fingerprint density at radius 3 is 1.23 bits per heavy atom. The van der Waals surface area contributed by atoms with Gasteiger partial charge in [-0.25, -0.2) is 0 Å². The van der Waals surface area contributed by atoms with Crippen molar-refractivity contribution in [2.24, 2.45) is 0 Å². The van der Waals surface area contributed by atoms with E-state index in [4.69, 9.17) is 39.3 Å². The normalized spacial score (nSPS) is 8.55. The number of rotatable bonds is 8. The molecular formula is C16H50Cl2N6NaO12Pt3-. The SMILES string of the molecule is C.C.CC(O)=CC(O)CCC(=O)O.CC([O-])=CC([O-])CCC(=O)O.O.O.O.O.[Cl][Pt+2][Cl].[NH2-].[NH2-].[NH2-].[NH2-].[NH2-].[NH2-].[Na+].[Pt+2].[Pt+2]. The summed E-state index contributed by atoms with van der Waals surface area (Å²) in [5.41, 5.74) is 0. The number of nitrogens with two attached hydrogens (primary N) is 6. The average Bonchev–Trinajstić information content (AvgIpc) is 2.43. The van der Waals surface area contributed by atoms with Crippen LogP contribution in [0.25, 0.3) is 36.9 Å². The molecule has 0 aliphatic carbocycles. The van der Waals surface area contributed by atoms with Gasteiger partial charge in [0.2, 0.25) is 0 Å². The summed E-state index contributed by atoms with van der Waals surface area (Å²) in [6, 6.07) is 0. The van der Waals surface area contributed by atoms with Crippen LogP contribution in [-0.4, -0.2) is 66.5 Å². The summed E-state index contributed by atoms with van der Waals surface area (Å²) in [5.74, 6) is -2.27. The first-order valence-corrected chi connectivity index (χ1v) is 12.4. The van der Waals surface area contributed by atoms with Crippen LogP contribution >= 0.6 is 18.8 Å². The van der Waals surface area contributed by atoms with Crippen LogP contribution in [0.15, 0.2) is 23.7 Å². The van der Waals surface area contributed by atoms with Crippen molar-refractivity contribution in [2.75, 3.05) is 0 Å². The fourth-order valence-electron chi connectivity index (χ4n) is 1.24. The van der Waals surface area contributed by atoms with E-state index in [1.807, 2.05) is 0 Å². The molecule has 0 fully saturated rings. The van der Waals surface area contributed by atoms with E-state index in [1.54, 1.807) is 0 Å². The van der Waals surface area contributed by atoms with E-state index in [0.717, 1.165) is 6.08 Å². The number of halogens is 2. The van der Waals surface area contributed by atoms with Crippen LogP contribution in [0.4, 0.5) is 0 Å².